The maximum absolute atomic E-state index is 13.5. The van der Waals surface area contributed by atoms with Crippen LogP contribution < -0.4 is 0 Å². The zero-order valence-corrected chi connectivity index (χ0v) is 19.4. The molecule has 0 heterocycles. The molecule has 2 fully saturated rings. The molecule has 2 aliphatic rings. The first-order valence-corrected chi connectivity index (χ1v) is 12.8. The smallest absolute Gasteiger partial charge is 0.194 e. The van der Waals surface area contributed by atoms with Gasteiger partial charge in [-0.05, 0) is 78.2 Å². The second kappa shape index (κ2) is 10.9. The molecule has 0 radical (unpaired) electrons. The molecule has 0 unspecified atom stereocenters. The highest BCUT2D eigenvalue weighted by Crippen LogP contribution is 2.40. The van der Waals surface area contributed by atoms with Crippen LogP contribution in [0.25, 0.3) is 11.1 Å². The fourth-order valence-electron chi connectivity index (χ4n) is 6.14. The first kappa shape index (κ1) is 23.4. The van der Waals surface area contributed by atoms with Gasteiger partial charge in [-0.25, -0.2) is 13.2 Å². The molecule has 0 nitrogen and oxygen atoms in total. The number of hydrogen-bond donors (Lipinski definition) is 0. The van der Waals surface area contributed by atoms with E-state index in [9.17, 15) is 13.2 Å². The summed E-state index contributed by atoms with van der Waals surface area (Å²) in [7, 11) is 0. The Morgan fingerprint density at radius 1 is 0.625 bits per heavy atom. The van der Waals surface area contributed by atoms with E-state index >= 15 is 0 Å². The molecular weight excluding hydrogens is 405 g/mol. The summed E-state index contributed by atoms with van der Waals surface area (Å²) in [6.45, 7) is 2.31. The first-order valence-electron chi connectivity index (χ1n) is 12.8. The Bertz CT molecular complexity index is 833. The summed E-state index contributed by atoms with van der Waals surface area (Å²) in [5, 5.41) is 0. The van der Waals surface area contributed by atoms with Gasteiger partial charge in [-0.1, -0.05) is 82.6 Å². The normalized spacial score (nSPS) is 26.2. The van der Waals surface area contributed by atoms with Gasteiger partial charge in [0.1, 0.15) is 0 Å². The van der Waals surface area contributed by atoms with E-state index in [-0.39, 0.29) is 0 Å². The average molecular weight is 443 g/mol. The maximum atomic E-state index is 13.5. The largest absolute Gasteiger partial charge is 0.204 e. The van der Waals surface area contributed by atoms with Crippen LogP contribution >= 0.6 is 0 Å². The fourth-order valence-corrected chi connectivity index (χ4v) is 6.14. The summed E-state index contributed by atoms with van der Waals surface area (Å²) in [4.78, 5) is 0. The summed E-state index contributed by atoms with van der Waals surface area (Å²) in [6, 6.07) is 10.1. The summed E-state index contributed by atoms with van der Waals surface area (Å²) in [5.41, 5.74) is 2.40. The Kier molecular flexibility index (Phi) is 7.97. The minimum absolute atomic E-state index is 0.375. The van der Waals surface area contributed by atoms with Crippen molar-refractivity contribution >= 4 is 0 Å². The van der Waals surface area contributed by atoms with Crippen molar-refractivity contribution < 1.29 is 13.2 Å². The van der Waals surface area contributed by atoms with E-state index in [0.29, 0.717) is 17.0 Å². The standard InChI is InChI=1S/C29H37F3/c1-2-3-20-4-6-21(7-5-20)8-9-22-10-12-23(13-11-22)24-14-16-25(17-15-24)26-18-27(30)29(32)28(31)19-26/h14-23H,2-13H2,1H3. The number of hydrogen-bond acceptors (Lipinski definition) is 0. The van der Waals surface area contributed by atoms with E-state index in [4.69, 9.17) is 0 Å². The zero-order valence-electron chi connectivity index (χ0n) is 19.4. The second-order valence-electron chi connectivity index (χ2n) is 10.3. The maximum Gasteiger partial charge on any atom is 0.194 e. The highest BCUT2D eigenvalue weighted by atomic mass is 19.2. The van der Waals surface area contributed by atoms with Crippen LogP contribution in [0.2, 0.25) is 0 Å². The Labute approximate surface area is 191 Å². The summed E-state index contributed by atoms with van der Waals surface area (Å²) in [5.74, 6) is -0.275. The van der Waals surface area contributed by atoms with E-state index in [2.05, 4.69) is 19.1 Å². The molecule has 0 spiro atoms. The van der Waals surface area contributed by atoms with Crippen molar-refractivity contribution in [2.45, 2.75) is 89.9 Å². The van der Waals surface area contributed by atoms with Crippen molar-refractivity contribution in [1.29, 1.82) is 0 Å². The predicted octanol–water partition coefficient (Wildman–Crippen LogP) is 9.43. The molecule has 0 atom stereocenters. The van der Waals surface area contributed by atoms with Gasteiger partial charge in [0.05, 0.1) is 0 Å². The molecular formula is C29H37F3. The van der Waals surface area contributed by atoms with Crippen molar-refractivity contribution in [1.82, 2.24) is 0 Å². The molecule has 3 heteroatoms. The van der Waals surface area contributed by atoms with Crippen LogP contribution in [0, 0.1) is 35.2 Å². The fraction of sp³-hybridized carbons (Fsp3) is 0.586. The number of halogens is 3. The van der Waals surface area contributed by atoms with E-state index < -0.39 is 17.5 Å². The topological polar surface area (TPSA) is 0 Å². The highest BCUT2D eigenvalue weighted by molar-refractivity contribution is 5.64. The molecule has 0 aliphatic heterocycles. The van der Waals surface area contributed by atoms with Gasteiger partial charge in [0.25, 0.3) is 0 Å². The van der Waals surface area contributed by atoms with Crippen LogP contribution in [-0.4, -0.2) is 0 Å². The van der Waals surface area contributed by atoms with Gasteiger partial charge in [-0.3, -0.25) is 0 Å². The lowest BCUT2D eigenvalue weighted by atomic mass is 9.74. The van der Waals surface area contributed by atoms with Gasteiger partial charge < -0.3 is 0 Å². The van der Waals surface area contributed by atoms with E-state index in [0.717, 1.165) is 29.9 Å². The first-order chi connectivity index (χ1) is 15.5. The molecule has 174 valence electrons. The summed E-state index contributed by atoms with van der Waals surface area (Å²) in [6.07, 6.45) is 16.5. The van der Waals surface area contributed by atoms with Gasteiger partial charge in [0.15, 0.2) is 17.5 Å². The van der Waals surface area contributed by atoms with Gasteiger partial charge in [0.2, 0.25) is 0 Å². The highest BCUT2D eigenvalue weighted by Gasteiger charge is 2.25. The average Bonchev–Trinajstić information content (AvgIpc) is 2.82. The third kappa shape index (κ3) is 5.77. The van der Waals surface area contributed by atoms with Crippen LogP contribution in [0.15, 0.2) is 36.4 Å². The lowest BCUT2D eigenvalue weighted by molar-refractivity contribution is 0.224. The quantitative estimate of drug-likeness (QED) is 0.375. The van der Waals surface area contributed by atoms with Crippen molar-refractivity contribution in [3.8, 4) is 11.1 Å². The Morgan fingerprint density at radius 2 is 1.09 bits per heavy atom. The zero-order chi connectivity index (χ0) is 22.5. The molecule has 2 aromatic carbocycles. The van der Waals surface area contributed by atoms with Crippen LogP contribution in [0.1, 0.15) is 95.5 Å². The predicted molar refractivity (Wildman–Crippen MR) is 126 cm³/mol. The minimum Gasteiger partial charge on any atom is -0.204 e. The van der Waals surface area contributed by atoms with Crippen molar-refractivity contribution in [3.05, 3.63) is 59.4 Å². The lowest BCUT2D eigenvalue weighted by Gasteiger charge is -2.32. The second-order valence-corrected chi connectivity index (χ2v) is 10.3. The van der Waals surface area contributed by atoms with Crippen molar-refractivity contribution in [3.63, 3.8) is 0 Å². The summed E-state index contributed by atoms with van der Waals surface area (Å²) >= 11 is 0. The van der Waals surface area contributed by atoms with E-state index in [1.165, 1.54) is 82.6 Å². The Hall–Kier alpha value is -1.77. The molecule has 0 aromatic heterocycles. The van der Waals surface area contributed by atoms with Gasteiger partial charge in [-0.15, -0.1) is 0 Å². The molecule has 2 saturated carbocycles. The molecule has 0 saturated heterocycles. The Balaban J connectivity index is 1.24. The molecule has 32 heavy (non-hydrogen) atoms. The van der Waals surface area contributed by atoms with Gasteiger partial charge >= 0.3 is 0 Å². The molecule has 0 N–H and O–H groups in total. The van der Waals surface area contributed by atoms with E-state index in [1.807, 2.05) is 12.1 Å². The summed E-state index contributed by atoms with van der Waals surface area (Å²) < 4.78 is 40.3. The van der Waals surface area contributed by atoms with Crippen molar-refractivity contribution in [2.75, 3.05) is 0 Å². The molecule has 2 aliphatic carbocycles. The Morgan fingerprint density at radius 3 is 1.59 bits per heavy atom. The van der Waals surface area contributed by atoms with Crippen LogP contribution in [0.4, 0.5) is 13.2 Å². The lowest BCUT2D eigenvalue weighted by Crippen LogP contribution is -2.17. The third-order valence-corrected chi connectivity index (χ3v) is 8.19. The molecule has 2 aromatic rings. The monoisotopic (exact) mass is 442 g/mol. The molecule has 0 amide bonds. The number of rotatable bonds is 7. The molecule has 4 rings (SSSR count). The third-order valence-electron chi connectivity index (χ3n) is 8.19. The minimum atomic E-state index is -1.41. The molecule has 0 bridgehead atoms. The number of benzene rings is 2. The van der Waals surface area contributed by atoms with Crippen molar-refractivity contribution in [2.24, 2.45) is 17.8 Å². The van der Waals surface area contributed by atoms with Crippen LogP contribution in [-0.2, 0) is 0 Å². The van der Waals surface area contributed by atoms with Crippen LogP contribution in [0.3, 0.4) is 0 Å². The SMILES string of the molecule is CCCC1CCC(CCC2CCC(c3ccc(-c4cc(F)c(F)c(F)c4)cc3)CC2)CC1. The van der Waals surface area contributed by atoms with Gasteiger partial charge in [0, 0.05) is 0 Å². The van der Waals surface area contributed by atoms with E-state index in [1.54, 1.807) is 0 Å². The van der Waals surface area contributed by atoms with Gasteiger partial charge in [-0.2, -0.15) is 0 Å². The van der Waals surface area contributed by atoms with Crippen LogP contribution in [0.5, 0.6) is 0 Å².